The van der Waals surface area contributed by atoms with E-state index in [2.05, 4.69) is 27.1 Å². The van der Waals surface area contributed by atoms with E-state index in [0.717, 1.165) is 0 Å². The molecule has 0 aliphatic rings. The van der Waals surface area contributed by atoms with Gasteiger partial charge >= 0.3 is 50.2 Å². The van der Waals surface area contributed by atoms with Crippen LogP contribution in [-0.4, -0.2) is 42.7 Å². The molecule has 0 aliphatic heterocycles. The van der Waals surface area contributed by atoms with Crippen molar-refractivity contribution in [3.63, 3.8) is 0 Å². The molecule has 0 radical (unpaired) electrons. The van der Waals surface area contributed by atoms with Gasteiger partial charge in [-0.2, -0.15) is 0 Å². The van der Waals surface area contributed by atoms with Gasteiger partial charge in [0.15, 0.2) is 0 Å². The van der Waals surface area contributed by atoms with Gasteiger partial charge in [0.05, 0.1) is 0 Å². The van der Waals surface area contributed by atoms with Gasteiger partial charge in [0.25, 0.3) is 0 Å². The predicted octanol–water partition coefficient (Wildman–Crippen LogP) is 3.68. The first-order chi connectivity index (χ1) is 8.11. The minimum atomic E-state index is -1.05. The van der Waals surface area contributed by atoms with Gasteiger partial charge in [-0.1, -0.05) is 0 Å². The normalized spacial score (nSPS) is 9.76. The van der Waals surface area contributed by atoms with Crippen LogP contribution in [0.2, 0.25) is 0 Å². The van der Waals surface area contributed by atoms with E-state index in [0.29, 0.717) is 12.7 Å². The Hall–Kier alpha value is 1.69. The first-order valence-electron chi connectivity index (χ1n) is 3.78. The molecule has 0 rings (SSSR count). The molecule has 0 aromatic heterocycles. The van der Waals surface area contributed by atoms with Crippen molar-refractivity contribution in [3.8, 4) is 0 Å². The number of hydrogen-bond donors (Lipinski definition) is 0. The Morgan fingerprint density at radius 1 is 0.588 bits per heavy atom. The Morgan fingerprint density at radius 3 is 0.706 bits per heavy atom. The van der Waals surface area contributed by atoms with Crippen LogP contribution >= 0.6 is 37.6 Å². The van der Waals surface area contributed by atoms with Gasteiger partial charge in [-0.15, -0.1) is 0 Å². The molecule has 0 fully saturated rings. The second-order valence-electron chi connectivity index (χ2n) is 1.59. The quantitative estimate of drug-likeness (QED) is 0.520. The van der Waals surface area contributed by atoms with Crippen LogP contribution in [-0.2, 0) is 39.8 Å². The summed E-state index contributed by atoms with van der Waals surface area (Å²) in [6.45, 7) is 0. The molecular formula is C6H18Cl2NiO6P2. The van der Waals surface area contributed by atoms with Crippen LogP contribution in [0.4, 0.5) is 0 Å². The van der Waals surface area contributed by atoms with Gasteiger partial charge in [0, 0.05) is 42.7 Å². The van der Waals surface area contributed by atoms with E-state index in [1.165, 1.54) is 0 Å². The molecule has 0 aromatic rings. The Morgan fingerprint density at radius 2 is 0.706 bits per heavy atom. The molecule has 0 amide bonds. The summed E-state index contributed by atoms with van der Waals surface area (Å²) < 4.78 is 28.0. The van der Waals surface area contributed by atoms with Crippen molar-refractivity contribution in [3.05, 3.63) is 0 Å². The second-order valence-corrected chi connectivity index (χ2v) is 6.30. The number of hydrogen-bond acceptors (Lipinski definition) is 6. The van der Waals surface area contributed by atoms with Crippen LogP contribution in [0.1, 0.15) is 0 Å². The van der Waals surface area contributed by atoms with Crippen molar-refractivity contribution < 1.29 is 39.8 Å². The average molecular weight is 378 g/mol. The molecule has 0 N–H and O–H groups in total. The summed E-state index contributed by atoms with van der Waals surface area (Å²) >= 11 is 0.569. The molecule has 0 bridgehead atoms. The van der Waals surface area contributed by atoms with E-state index in [-0.39, 0.29) is 0 Å². The molecule has 0 atom stereocenters. The average Bonchev–Trinajstić information content (AvgIpc) is 2.35. The van der Waals surface area contributed by atoms with Crippen LogP contribution in [0.15, 0.2) is 0 Å². The predicted molar refractivity (Wildman–Crippen MR) is 67.6 cm³/mol. The summed E-state index contributed by atoms with van der Waals surface area (Å²) in [6.07, 6.45) is 0. The third-order valence-electron chi connectivity index (χ3n) is 0.894. The van der Waals surface area contributed by atoms with Crippen molar-refractivity contribution >= 4 is 37.6 Å². The van der Waals surface area contributed by atoms with E-state index >= 15 is 0 Å². The van der Waals surface area contributed by atoms with Gasteiger partial charge in [-0.05, 0) is 0 Å². The van der Waals surface area contributed by atoms with Gasteiger partial charge < -0.3 is 27.1 Å². The number of rotatable bonds is 6. The van der Waals surface area contributed by atoms with Crippen LogP contribution in [0.3, 0.4) is 0 Å². The van der Waals surface area contributed by atoms with Crippen molar-refractivity contribution in [2.45, 2.75) is 0 Å². The summed E-state index contributed by atoms with van der Waals surface area (Å²) in [5, 5.41) is 0. The fraction of sp³-hybridized carbons (Fsp3) is 1.00. The Balaban J connectivity index is -0.000000188. The van der Waals surface area contributed by atoms with Gasteiger partial charge in [-0.25, -0.2) is 0 Å². The molecule has 0 saturated carbocycles. The van der Waals surface area contributed by atoms with Crippen molar-refractivity contribution in [2.24, 2.45) is 0 Å². The van der Waals surface area contributed by atoms with Gasteiger partial charge in [0.1, 0.15) is 0 Å². The third kappa shape index (κ3) is 23.2. The fourth-order valence-electron chi connectivity index (χ4n) is 0.447. The van der Waals surface area contributed by atoms with Crippen LogP contribution in [0.25, 0.3) is 0 Å². The molecule has 0 aromatic carbocycles. The molecule has 0 aliphatic carbocycles. The van der Waals surface area contributed by atoms with E-state index in [4.69, 9.17) is 20.4 Å². The summed E-state index contributed by atoms with van der Waals surface area (Å²) in [7, 11) is 16.5. The van der Waals surface area contributed by atoms with Crippen molar-refractivity contribution in [1.29, 1.82) is 0 Å². The molecule has 0 unspecified atom stereocenters. The zero-order valence-electron chi connectivity index (χ0n) is 10.4. The van der Waals surface area contributed by atoms with E-state index in [9.17, 15) is 0 Å². The summed E-state index contributed by atoms with van der Waals surface area (Å²) in [6, 6.07) is 0. The maximum absolute atomic E-state index is 4.70. The van der Waals surface area contributed by atoms with E-state index < -0.39 is 17.2 Å². The summed E-state index contributed by atoms with van der Waals surface area (Å²) in [5.74, 6) is 0. The molecule has 6 nitrogen and oxygen atoms in total. The molecule has 11 heteroatoms. The Labute approximate surface area is 120 Å². The number of halogens is 2. The van der Waals surface area contributed by atoms with E-state index in [1.807, 2.05) is 0 Å². The monoisotopic (exact) mass is 376 g/mol. The molecular weight excluding hydrogens is 360 g/mol. The minimum absolute atomic E-state index is 0.569. The maximum atomic E-state index is 4.70. The Kier molecular flexibility index (Phi) is 31.9. The zero-order valence-corrected chi connectivity index (χ0v) is 14.7. The van der Waals surface area contributed by atoms with Gasteiger partial charge in [0.2, 0.25) is 0 Å². The molecule has 0 heterocycles. The summed E-state index contributed by atoms with van der Waals surface area (Å²) in [4.78, 5) is 0. The van der Waals surface area contributed by atoms with Crippen molar-refractivity contribution in [2.75, 3.05) is 42.7 Å². The molecule has 0 spiro atoms. The van der Waals surface area contributed by atoms with Crippen LogP contribution < -0.4 is 0 Å². The first-order valence-corrected chi connectivity index (χ1v) is 8.69. The third-order valence-corrected chi connectivity index (χ3v) is 2.68. The first kappa shape index (κ1) is 23.8. The Bertz CT molecular complexity index is 99.7. The molecule has 0 saturated heterocycles. The SMILES string of the molecule is COP(OC)OC.COP(OC)OC.[Cl][Ni][Cl]. The zero-order chi connectivity index (χ0) is 14.1. The van der Waals surface area contributed by atoms with Gasteiger partial charge in [-0.3, -0.25) is 0 Å². The molecule has 112 valence electrons. The van der Waals surface area contributed by atoms with Crippen LogP contribution in [0, 0.1) is 0 Å². The summed E-state index contributed by atoms with van der Waals surface area (Å²) in [5.41, 5.74) is 0. The topological polar surface area (TPSA) is 55.4 Å². The van der Waals surface area contributed by atoms with E-state index in [1.54, 1.807) is 42.7 Å². The second kappa shape index (κ2) is 22.8. The van der Waals surface area contributed by atoms with Crippen LogP contribution in [0.5, 0.6) is 0 Å². The standard InChI is InChI=1S/2C3H9O3P.2ClH.Ni/c2*1-4-7(5-2)6-3;;;/h2*1-3H3;2*1H;/q;;;;+2/p-2. The van der Waals surface area contributed by atoms with Crippen molar-refractivity contribution in [1.82, 2.24) is 0 Å². The molecule has 17 heavy (non-hydrogen) atoms. The fourth-order valence-corrected chi connectivity index (χ4v) is 1.34.